The van der Waals surface area contributed by atoms with Crippen LogP contribution in [-0.4, -0.2) is 39.0 Å². The van der Waals surface area contributed by atoms with Crippen molar-refractivity contribution >= 4 is 20.8 Å². The van der Waals surface area contributed by atoms with Crippen molar-refractivity contribution in [3.63, 3.8) is 0 Å². The largest absolute Gasteiger partial charge is 0.425 e. The Hall–Kier alpha value is -0.340. The van der Waals surface area contributed by atoms with Gasteiger partial charge in [0.25, 0.3) is 0 Å². The predicted molar refractivity (Wildman–Crippen MR) is 147 cm³/mol. The lowest BCUT2D eigenvalue weighted by molar-refractivity contribution is -0.105. The Kier molecular flexibility index (Phi) is 34.5. The van der Waals surface area contributed by atoms with Crippen molar-refractivity contribution in [3.8, 4) is 0 Å². The fourth-order valence-corrected chi connectivity index (χ4v) is 3.90. The molecule has 222 valence electrons. The number of hydrogen-bond acceptors (Lipinski definition) is 8. The SMILES string of the molecule is CCCCCCCCCCCCN.CCCCCCCCCCCCN.O=S(=O)(O)OOS(=O)(=O)O. The van der Waals surface area contributed by atoms with Crippen molar-refractivity contribution < 1.29 is 34.6 Å². The van der Waals surface area contributed by atoms with Gasteiger partial charge in [0.15, 0.2) is 0 Å². The van der Waals surface area contributed by atoms with E-state index < -0.39 is 20.8 Å². The lowest BCUT2D eigenvalue weighted by Gasteiger charge is -2.00. The molecule has 0 bridgehead atoms. The Labute approximate surface area is 222 Å². The van der Waals surface area contributed by atoms with Gasteiger partial charge in [0.05, 0.1) is 0 Å². The van der Waals surface area contributed by atoms with E-state index in [0.717, 1.165) is 13.1 Å². The van der Waals surface area contributed by atoms with Crippen LogP contribution in [0.15, 0.2) is 0 Å². The standard InChI is InChI=1S/2C12H27N.H2O8S2/c2*1-2-3-4-5-6-7-8-9-10-11-12-13;1-9(2,3)7-8-10(4,5)6/h2*2-13H2,1H3;(H,1,2,3)(H,4,5,6). The molecule has 0 aromatic heterocycles. The number of rotatable bonds is 23. The second kappa shape index (κ2) is 30.9. The number of unbranched alkanes of at least 4 members (excludes halogenated alkanes) is 18. The summed E-state index contributed by atoms with van der Waals surface area (Å²) >= 11 is 0. The van der Waals surface area contributed by atoms with Crippen LogP contribution in [0.1, 0.15) is 142 Å². The Morgan fingerprint density at radius 3 is 0.806 bits per heavy atom. The topological polar surface area (TPSA) is 179 Å². The van der Waals surface area contributed by atoms with Gasteiger partial charge in [-0.1, -0.05) is 138 Å². The van der Waals surface area contributed by atoms with Crippen LogP contribution < -0.4 is 11.5 Å². The highest BCUT2D eigenvalue weighted by atomic mass is 32.3. The first-order chi connectivity index (χ1) is 17.0. The number of nitrogens with two attached hydrogens (primary N) is 2. The van der Waals surface area contributed by atoms with Crippen LogP contribution in [0.5, 0.6) is 0 Å². The van der Waals surface area contributed by atoms with E-state index in [0.29, 0.717) is 0 Å². The average Bonchev–Trinajstić information content (AvgIpc) is 2.81. The molecular weight excluding hydrogens is 508 g/mol. The van der Waals surface area contributed by atoms with E-state index >= 15 is 0 Å². The highest BCUT2D eigenvalue weighted by Crippen LogP contribution is 2.11. The van der Waals surface area contributed by atoms with Crippen molar-refractivity contribution in [1.29, 1.82) is 0 Å². The maximum absolute atomic E-state index is 9.51. The lowest BCUT2D eigenvalue weighted by atomic mass is 10.1. The Morgan fingerprint density at radius 2 is 0.639 bits per heavy atom. The summed E-state index contributed by atoms with van der Waals surface area (Å²) in [6.45, 7) is 6.28. The first-order valence-corrected chi connectivity index (χ1v) is 16.5. The molecule has 0 aromatic carbocycles. The summed E-state index contributed by atoms with van der Waals surface area (Å²) in [5, 5.41) is 0. The summed E-state index contributed by atoms with van der Waals surface area (Å²) in [5.74, 6) is 0. The molecule has 0 aliphatic heterocycles. The van der Waals surface area contributed by atoms with Crippen molar-refractivity contribution in [3.05, 3.63) is 0 Å². The molecule has 0 radical (unpaired) electrons. The smallest absolute Gasteiger partial charge is 0.330 e. The fourth-order valence-electron chi connectivity index (χ4n) is 3.33. The third-order valence-electron chi connectivity index (χ3n) is 5.32. The van der Waals surface area contributed by atoms with Crippen LogP contribution >= 0.6 is 0 Å². The van der Waals surface area contributed by atoms with E-state index in [2.05, 4.69) is 22.5 Å². The normalized spacial score (nSPS) is 11.4. The molecule has 0 saturated heterocycles. The zero-order valence-corrected chi connectivity index (χ0v) is 24.5. The summed E-state index contributed by atoms with van der Waals surface area (Å²) in [4.78, 5) is 0. The molecule has 0 fully saturated rings. The molecule has 0 aliphatic carbocycles. The predicted octanol–water partition coefficient (Wildman–Crippen LogP) is 6.27. The quantitative estimate of drug-likeness (QED) is 0.0478. The van der Waals surface area contributed by atoms with Crippen LogP contribution in [0.3, 0.4) is 0 Å². The fraction of sp³-hybridized carbons (Fsp3) is 1.00. The van der Waals surface area contributed by atoms with E-state index in [9.17, 15) is 16.8 Å². The highest BCUT2D eigenvalue weighted by molar-refractivity contribution is 7.83. The van der Waals surface area contributed by atoms with Gasteiger partial charge < -0.3 is 11.5 Å². The summed E-state index contributed by atoms with van der Waals surface area (Å²) in [6.07, 6.45) is 27.9. The zero-order chi connectivity index (χ0) is 28.0. The molecule has 36 heavy (non-hydrogen) atoms. The second-order valence-electron chi connectivity index (χ2n) is 8.93. The third kappa shape index (κ3) is 50.5. The van der Waals surface area contributed by atoms with Crippen molar-refractivity contribution in [2.45, 2.75) is 142 Å². The van der Waals surface area contributed by atoms with Crippen molar-refractivity contribution in [2.75, 3.05) is 13.1 Å². The van der Waals surface area contributed by atoms with E-state index in [1.807, 2.05) is 0 Å². The first-order valence-electron chi connectivity index (χ1n) is 13.8. The van der Waals surface area contributed by atoms with Gasteiger partial charge in [-0.3, -0.25) is 9.11 Å². The molecule has 0 aromatic rings. The Bertz CT molecular complexity index is 544. The van der Waals surface area contributed by atoms with Crippen LogP contribution in [0.25, 0.3) is 0 Å². The molecule has 10 nitrogen and oxygen atoms in total. The molecule has 0 atom stereocenters. The third-order valence-corrected chi connectivity index (χ3v) is 5.88. The molecule has 0 spiro atoms. The Morgan fingerprint density at radius 1 is 0.444 bits per heavy atom. The van der Waals surface area contributed by atoms with Crippen LogP contribution in [0, 0.1) is 0 Å². The highest BCUT2D eigenvalue weighted by Gasteiger charge is 2.13. The van der Waals surface area contributed by atoms with Gasteiger partial charge in [-0.15, -0.1) is 0 Å². The van der Waals surface area contributed by atoms with Crippen molar-refractivity contribution in [2.24, 2.45) is 11.5 Å². The van der Waals surface area contributed by atoms with Crippen LogP contribution in [0.4, 0.5) is 0 Å². The molecule has 0 aliphatic rings. The molecule has 0 saturated carbocycles. The summed E-state index contributed by atoms with van der Waals surface area (Å²) < 4.78 is 58.9. The summed E-state index contributed by atoms with van der Waals surface area (Å²) in [6, 6.07) is 0. The first kappa shape index (κ1) is 40.2. The maximum Gasteiger partial charge on any atom is 0.425 e. The summed E-state index contributed by atoms with van der Waals surface area (Å²) in [7, 11) is -10.0. The lowest BCUT2D eigenvalue weighted by Crippen LogP contribution is -2.10. The monoisotopic (exact) mass is 564 g/mol. The second-order valence-corrected chi connectivity index (χ2v) is 10.9. The van der Waals surface area contributed by atoms with Crippen LogP contribution in [-0.2, 0) is 29.5 Å². The van der Waals surface area contributed by atoms with Gasteiger partial charge in [-0.2, -0.15) is 16.8 Å². The minimum Gasteiger partial charge on any atom is -0.330 e. The van der Waals surface area contributed by atoms with E-state index in [4.69, 9.17) is 20.6 Å². The van der Waals surface area contributed by atoms with Gasteiger partial charge in [0.1, 0.15) is 0 Å². The van der Waals surface area contributed by atoms with E-state index in [1.165, 1.54) is 128 Å². The van der Waals surface area contributed by atoms with E-state index in [1.54, 1.807) is 0 Å². The summed E-state index contributed by atoms with van der Waals surface area (Å²) in [5.41, 5.74) is 10.8. The molecule has 0 unspecified atom stereocenters. The minimum absolute atomic E-state index is 0.872. The maximum atomic E-state index is 9.51. The molecule has 0 amide bonds. The van der Waals surface area contributed by atoms with Gasteiger partial charge in [0.2, 0.25) is 0 Å². The molecule has 12 heteroatoms. The minimum atomic E-state index is -5.02. The molecule has 0 heterocycles. The van der Waals surface area contributed by atoms with Gasteiger partial charge in [0, 0.05) is 0 Å². The van der Waals surface area contributed by atoms with E-state index in [-0.39, 0.29) is 0 Å². The van der Waals surface area contributed by atoms with Gasteiger partial charge >= 0.3 is 20.8 Å². The van der Waals surface area contributed by atoms with Crippen molar-refractivity contribution in [1.82, 2.24) is 0 Å². The van der Waals surface area contributed by atoms with Gasteiger partial charge in [-0.05, 0) is 25.9 Å². The molecular formula is C24H56N2O8S2. The average molecular weight is 565 g/mol. The molecule has 0 rings (SSSR count). The Balaban J connectivity index is -0.000000459. The van der Waals surface area contributed by atoms with Gasteiger partial charge in [-0.25, -0.2) is 0 Å². The number of hydrogen-bond donors (Lipinski definition) is 4. The zero-order valence-electron chi connectivity index (χ0n) is 22.9. The van der Waals surface area contributed by atoms with Crippen LogP contribution in [0.2, 0.25) is 0 Å². The molecule has 6 N–H and O–H groups in total.